The van der Waals surface area contributed by atoms with Crippen LogP contribution in [0.4, 0.5) is 4.79 Å². The highest BCUT2D eigenvalue weighted by Crippen LogP contribution is 2.35. The van der Waals surface area contributed by atoms with E-state index in [1.165, 1.54) is 4.90 Å². The molecule has 0 aromatic rings. The van der Waals surface area contributed by atoms with Gasteiger partial charge in [0.2, 0.25) is 5.91 Å². The number of hydrogen-bond donors (Lipinski definition) is 1. The molecule has 0 heterocycles. The molecule has 2 amide bonds. The third kappa shape index (κ3) is 5.03. The Bertz CT molecular complexity index is 494. The summed E-state index contributed by atoms with van der Waals surface area (Å²) in [5.41, 5.74) is 8.17. The largest absolute Gasteiger partial charge is 0.465 e. The predicted molar refractivity (Wildman–Crippen MR) is 87.0 cm³/mol. The summed E-state index contributed by atoms with van der Waals surface area (Å²) >= 11 is 0. The number of amides is 2. The molecule has 1 aliphatic carbocycles. The molecule has 0 saturated heterocycles. The van der Waals surface area contributed by atoms with Crippen molar-refractivity contribution in [3.05, 3.63) is 10.4 Å². The molecule has 0 radical (unpaired) electrons. The fourth-order valence-corrected chi connectivity index (χ4v) is 3.23. The normalized spacial score (nSPS) is 24.5. The zero-order valence-corrected chi connectivity index (χ0v) is 14.6. The van der Waals surface area contributed by atoms with E-state index in [1.807, 2.05) is 20.8 Å². The van der Waals surface area contributed by atoms with E-state index in [4.69, 9.17) is 5.53 Å². The highest BCUT2D eigenvalue weighted by Gasteiger charge is 2.41. The molecule has 0 unspecified atom stereocenters. The lowest BCUT2D eigenvalue weighted by Gasteiger charge is -2.45. The van der Waals surface area contributed by atoms with Crippen molar-refractivity contribution in [2.24, 2.45) is 11.0 Å². The van der Waals surface area contributed by atoms with Gasteiger partial charge in [0.15, 0.2) is 0 Å². The summed E-state index contributed by atoms with van der Waals surface area (Å²) in [6.07, 6.45) is 1.26. The topological polar surface area (TPSA) is 110 Å². The van der Waals surface area contributed by atoms with Crippen LogP contribution in [0.3, 0.4) is 0 Å². The molecule has 8 heteroatoms. The SMILES string of the molecule is CN(C)C(=O)C[C@H]1CC[C@H](N=[N+]=[N-])[C@H](N(C(=O)O)C(C)(C)C)C1. The highest BCUT2D eigenvalue weighted by atomic mass is 16.4. The van der Waals surface area contributed by atoms with Gasteiger partial charge in [0.25, 0.3) is 0 Å². The molecule has 130 valence electrons. The van der Waals surface area contributed by atoms with Crippen LogP contribution in [0.15, 0.2) is 5.11 Å². The number of rotatable bonds is 4. The molecule has 0 aliphatic heterocycles. The van der Waals surface area contributed by atoms with Gasteiger partial charge in [-0.25, -0.2) is 4.79 Å². The Morgan fingerprint density at radius 2 is 1.91 bits per heavy atom. The molecule has 1 aliphatic rings. The maximum Gasteiger partial charge on any atom is 0.407 e. The quantitative estimate of drug-likeness (QED) is 0.487. The van der Waals surface area contributed by atoms with Gasteiger partial charge in [-0.2, -0.15) is 0 Å². The number of carboxylic acid groups (broad SMARTS) is 1. The number of hydrogen-bond acceptors (Lipinski definition) is 3. The monoisotopic (exact) mass is 325 g/mol. The molecule has 1 rings (SSSR count). The smallest absolute Gasteiger partial charge is 0.407 e. The van der Waals surface area contributed by atoms with Crippen LogP contribution in [-0.2, 0) is 4.79 Å². The van der Waals surface area contributed by atoms with Crippen molar-refractivity contribution in [2.45, 2.75) is 64.1 Å². The van der Waals surface area contributed by atoms with Crippen LogP contribution in [0.1, 0.15) is 46.5 Å². The number of carbonyl (C=O) groups is 2. The summed E-state index contributed by atoms with van der Waals surface area (Å²) in [6, 6.07) is -0.793. The minimum absolute atomic E-state index is 0.0358. The van der Waals surface area contributed by atoms with Gasteiger partial charge in [-0.05, 0) is 51.5 Å². The lowest BCUT2D eigenvalue weighted by molar-refractivity contribution is -0.130. The summed E-state index contributed by atoms with van der Waals surface area (Å²) in [7, 11) is 3.42. The van der Waals surface area contributed by atoms with Crippen molar-refractivity contribution in [2.75, 3.05) is 14.1 Å². The number of carbonyl (C=O) groups excluding carboxylic acids is 1. The standard InChI is InChI=1S/C15H27N5O3/c1-15(2,3)20(14(22)23)12-8-10(9-13(21)19(4)5)6-7-11(12)17-18-16/h10-12H,6-9H2,1-5H3,(H,22,23)/t10-,11-,12+/m0/s1. The maximum absolute atomic E-state index is 11.9. The zero-order chi connectivity index (χ0) is 17.8. The van der Waals surface area contributed by atoms with E-state index in [0.717, 1.165) is 6.42 Å². The fraction of sp³-hybridized carbons (Fsp3) is 0.867. The minimum atomic E-state index is -1.03. The summed E-state index contributed by atoms with van der Waals surface area (Å²) < 4.78 is 0. The van der Waals surface area contributed by atoms with E-state index in [1.54, 1.807) is 19.0 Å². The first kappa shape index (κ1) is 19.1. The molecule has 0 aromatic heterocycles. The second-order valence-electron chi connectivity index (χ2n) is 7.33. The van der Waals surface area contributed by atoms with E-state index in [9.17, 15) is 14.7 Å². The van der Waals surface area contributed by atoms with Gasteiger partial charge >= 0.3 is 6.09 Å². The van der Waals surface area contributed by atoms with Gasteiger partial charge in [0.05, 0.1) is 6.04 Å². The molecule has 1 fully saturated rings. The van der Waals surface area contributed by atoms with Crippen LogP contribution in [0.25, 0.3) is 10.4 Å². The van der Waals surface area contributed by atoms with Gasteiger partial charge in [-0.3, -0.25) is 4.79 Å². The van der Waals surface area contributed by atoms with Gasteiger partial charge in [-0.1, -0.05) is 5.11 Å². The summed E-state index contributed by atoms with van der Waals surface area (Å²) in [4.78, 5) is 29.5. The van der Waals surface area contributed by atoms with Gasteiger partial charge in [0, 0.05) is 37.0 Å². The molecular weight excluding hydrogens is 298 g/mol. The Morgan fingerprint density at radius 3 is 2.35 bits per heavy atom. The third-order valence-electron chi connectivity index (χ3n) is 4.31. The molecule has 8 nitrogen and oxygen atoms in total. The second kappa shape index (κ2) is 7.55. The van der Waals surface area contributed by atoms with Gasteiger partial charge in [0.1, 0.15) is 0 Å². The van der Waals surface area contributed by atoms with Gasteiger partial charge in [-0.15, -0.1) is 0 Å². The predicted octanol–water partition coefficient (Wildman–Crippen LogP) is 3.09. The van der Waals surface area contributed by atoms with Crippen LogP contribution >= 0.6 is 0 Å². The van der Waals surface area contributed by atoms with E-state index in [2.05, 4.69) is 10.0 Å². The third-order valence-corrected chi connectivity index (χ3v) is 4.31. The summed E-state index contributed by atoms with van der Waals surface area (Å²) in [6.45, 7) is 5.47. The van der Waals surface area contributed by atoms with Crippen LogP contribution in [-0.4, -0.2) is 58.6 Å². The lowest BCUT2D eigenvalue weighted by Crippen LogP contribution is -2.56. The first-order valence-corrected chi connectivity index (χ1v) is 7.84. The van der Waals surface area contributed by atoms with E-state index in [0.29, 0.717) is 19.3 Å². The Morgan fingerprint density at radius 1 is 1.30 bits per heavy atom. The lowest BCUT2D eigenvalue weighted by atomic mass is 9.79. The Hall–Kier alpha value is -1.95. The average molecular weight is 325 g/mol. The van der Waals surface area contributed by atoms with Crippen molar-refractivity contribution in [3.8, 4) is 0 Å². The minimum Gasteiger partial charge on any atom is -0.465 e. The van der Waals surface area contributed by atoms with Crippen LogP contribution in [0, 0.1) is 5.92 Å². The average Bonchev–Trinajstić information content (AvgIpc) is 2.39. The Kier molecular flexibility index (Phi) is 6.27. The van der Waals surface area contributed by atoms with Gasteiger partial charge < -0.3 is 14.9 Å². The summed E-state index contributed by atoms with van der Waals surface area (Å²) in [5.74, 6) is 0.137. The number of nitrogens with zero attached hydrogens (tertiary/aromatic N) is 5. The van der Waals surface area contributed by atoms with Crippen molar-refractivity contribution in [3.63, 3.8) is 0 Å². The Balaban J connectivity index is 3.02. The molecule has 1 saturated carbocycles. The molecule has 0 spiro atoms. The van der Waals surface area contributed by atoms with Crippen molar-refractivity contribution in [1.29, 1.82) is 0 Å². The maximum atomic E-state index is 11.9. The highest BCUT2D eigenvalue weighted by molar-refractivity contribution is 5.75. The first-order chi connectivity index (χ1) is 10.6. The molecule has 0 bridgehead atoms. The second-order valence-corrected chi connectivity index (χ2v) is 7.33. The molecule has 1 N–H and O–H groups in total. The Labute approximate surface area is 137 Å². The zero-order valence-electron chi connectivity index (χ0n) is 14.6. The van der Waals surface area contributed by atoms with E-state index in [-0.39, 0.29) is 17.9 Å². The van der Waals surface area contributed by atoms with Crippen molar-refractivity contribution >= 4 is 12.0 Å². The first-order valence-electron chi connectivity index (χ1n) is 7.84. The number of azide groups is 1. The molecular formula is C15H27N5O3. The van der Waals surface area contributed by atoms with Crippen molar-refractivity contribution < 1.29 is 14.7 Å². The molecule has 0 aromatic carbocycles. The molecule has 3 atom stereocenters. The summed E-state index contributed by atoms with van der Waals surface area (Å²) in [5, 5.41) is 13.4. The van der Waals surface area contributed by atoms with Crippen LogP contribution in [0.5, 0.6) is 0 Å². The van der Waals surface area contributed by atoms with Crippen LogP contribution < -0.4 is 0 Å². The van der Waals surface area contributed by atoms with Crippen molar-refractivity contribution in [1.82, 2.24) is 9.80 Å². The fourth-order valence-electron chi connectivity index (χ4n) is 3.23. The van der Waals surface area contributed by atoms with E-state index < -0.39 is 17.7 Å². The molecule has 23 heavy (non-hydrogen) atoms. The van der Waals surface area contributed by atoms with E-state index >= 15 is 0 Å². The van der Waals surface area contributed by atoms with Crippen LogP contribution in [0.2, 0.25) is 0 Å².